The molecule has 1 aromatic rings. The molecule has 0 spiro atoms. The number of carbonyl (C=O) groups is 1. The van der Waals surface area contributed by atoms with Crippen LogP contribution in [-0.4, -0.2) is 48.4 Å². The van der Waals surface area contributed by atoms with E-state index in [1.54, 1.807) is 0 Å². The largest absolute Gasteiger partial charge is 0.339 e. The number of hydrogen-bond donors (Lipinski definition) is 0. The molecule has 4 heteroatoms. The lowest BCUT2D eigenvalue weighted by Gasteiger charge is -2.36. The Bertz CT molecular complexity index is 442. The third-order valence-corrected chi connectivity index (χ3v) is 4.61. The van der Waals surface area contributed by atoms with E-state index in [1.807, 2.05) is 36.2 Å². The van der Waals surface area contributed by atoms with Crippen molar-refractivity contribution in [2.45, 2.75) is 25.8 Å². The van der Waals surface area contributed by atoms with E-state index in [0.717, 1.165) is 41.6 Å². The molecule has 1 aromatic carbocycles. The Morgan fingerprint density at radius 2 is 2.11 bits per heavy atom. The molecule has 1 saturated heterocycles. The smallest absolute Gasteiger partial charge is 0.253 e. The van der Waals surface area contributed by atoms with Crippen LogP contribution in [0.15, 0.2) is 24.3 Å². The minimum absolute atomic E-state index is 0.147. The Labute approximate surface area is 129 Å². The van der Waals surface area contributed by atoms with Crippen LogP contribution in [0.1, 0.15) is 30.1 Å². The van der Waals surface area contributed by atoms with Gasteiger partial charge < -0.3 is 9.80 Å². The van der Waals surface area contributed by atoms with Crippen molar-refractivity contribution in [3.63, 3.8) is 0 Å². The Morgan fingerprint density at radius 3 is 2.68 bits per heavy atom. The van der Waals surface area contributed by atoms with Crippen LogP contribution in [-0.2, 0) is 0 Å². The van der Waals surface area contributed by atoms with E-state index < -0.39 is 0 Å². The summed E-state index contributed by atoms with van der Waals surface area (Å²) in [6.45, 7) is 5.51. The Balaban J connectivity index is 2.00. The van der Waals surface area contributed by atoms with Gasteiger partial charge in [0, 0.05) is 35.3 Å². The van der Waals surface area contributed by atoms with E-state index in [-0.39, 0.29) is 5.91 Å². The molecule has 0 bridgehead atoms. The van der Waals surface area contributed by atoms with E-state index in [9.17, 15) is 4.79 Å². The molecule has 1 aliphatic heterocycles. The van der Waals surface area contributed by atoms with Crippen molar-refractivity contribution in [1.82, 2.24) is 9.80 Å². The molecule has 19 heavy (non-hydrogen) atoms. The van der Waals surface area contributed by atoms with E-state index in [1.165, 1.54) is 0 Å². The quantitative estimate of drug-likeness (QED) is 0.762. The minimum Gasteiger partial charge on any atom is -0.339 e. The van der Waals surface area contributed by atoms with Crippen LogP contribution >= 0.6 is 22.6 Å². The lowest BCUT2D eigenvalue weighted by Crippen LogP contribution is -2.45. The lowest BCUT2D eigenvalue weighted by molar-refractivity contribution is 0.0647. The summed E-state index contributed by atoms with van der Waals surface area (Å²) in [6.07, 6.45) is 2.17. The van der Waals surface area contributed by atoms with E-state index in [0.29, 0.717) is 6.04 Å². The summed E-state index contributed by atoms with van der Waals surface area (Å²) in [5.74, 6) is 0.147. The van der Waals surface area contributed by atoms with Gasteiger partial charge in [0.25, 0.3) is 5.91 Å². The maximum atomic E-state index is 12.5. The van der Waals surface area contributed by atoms with Gasteiger partial charge >= 0.3 is 0 Å². The van der Waals surface area contributed by atoms with Crippen molar-refractivity contribution in [3.8, 4) is 0 Å². The number of benzene rings is 1. The standard InChI is InChI=1S/C15H21IN2O/c1-3-18-9-7-14(8-10-18)17(2)15(19)12-5-4-6-13(16)11-12/h4-6,11,14H,3,7-10H2,1-2H3. The zero-order valence-electron chi connectivity index (χ0n) is 11.6. The summed E-state index contributed by atoms with van der Waals surface area (Å²) in [4.78, 5) is 16.8. The minimum atomic E-state index is 0.147. The van der Waals surface area contributed by atoms with Crippen LogP contribution in [0.3, 0.4) is 0 Å². The third-order valence-electron chi connectivity index (χ3n) is 3.94. The highest BCUT2D eigenvalue weighted by Gasteiger charge is 2.25. The first-order valence-corrected chi connectivity index (χ1v) is 7.94. The van der Waals surface area contributed by atoms with Crippen LogP contribution in [0.2, 0.25) is 0 Å². The first kappa shape index (κ1) is 14.8. The van der Waals surface area contributed by atoms with Gasteiger partial charge in [-0.2, -0.15) is 0 Å². The molecule has 1 heterocycles. The normalized spacial score (nSPS) is 17.4. The van der Waals surface area contributed by atoms with Crippen molar-refractivity contribution in [1.29, 1.82) is 0 Å². The molecular weight excluding hydrogens is 351 g/mol. The van der Waals surface area contributed by atoms with Crippen molar-refractivity contribution in [2.75, 3.05) is 26.7 Å². The molecule has 1 fully saturated rings. The van der Waals surface area contributed by atoms with Crippen LogP contribution in [0.25, 0.3) is 0 Å². The second-order valence-electron chi connectivity index (χ2n) is 5.09. The molecular formula is C15H21IN2O. The summed E-state index contributed by atoms with van der Waals surface area (Å²) in [7, 11) is 1.94. The maximum absolute atomic E-state index is 12.5. The molecule has 0 unspecified atom stereocenters. The molecule has 104 valence electrons. The van der Waals surface area contributed by atoms with Crippen molar-refractivity contribution in [2.24, 2.45) is 0 Å². The molecule has 0 saturated carbocycles. The number of rotatable bonds is 3. The SMILES string of the molecule is CCN1CCC(N(C)C(=O)c2cccc(I)c2)CC1. The third kappa shape index (κ3) is 3.69. The highest BCUT2D eigenvalue weighted by atomic mass is 127. The lowest BCUT2D eigenvalue weighted by atomic mass is 10.0. The molecule has 0 aliphatic carbocycles. The maximum Gasteiger partial charge on any atom is 0.253 e. The van der Waals surface area contributed by atoms with Crippen LogP contribution in [0.4, 0.5) is 0 Å². The van der Waals surface area contributed by atoms with E-state index in [2.05, 4.69) is 34.4 Å². The Morgan fingerprint density at radius 1 is 1.42 bits per heavy atom. The number of halogens is 1. The average molecular weight is 372 g/mol. The predicted molar refractivity (Wildman–Crippen MR) is 86.4 cm³/mol. The molecule has 0 atom stereocenters. The van der Waals surface area contributed by atoms with E-state index >= 15 is 0 Å². The molecule has 1 amide bonds. The molecule has 0 radical (unpaired) electrons. The zero-order valence-corrected chi connectivity index (χ0v) is 13.8. The monoisotopic (exact) mass is 372 g/mol. The van der Waals surface area contributed by atoms with Crippen LogP contribution < -0.4 is 0 Å². The van der Waals surface area contributed by atoms with Gasteiger partial charge in [0.15, 0.2) is 0 Å². The molecule has 2 rings (SSSR count). The second-order valence-corrected chi connectivity index (χ2v) is 6.34. The zero-order chi connectivity index (χ0) is 13.8. The average Bonchev–Trinajstić information content (AvgIpc) is 2.46. The van der Waals surface area contributed by atoms with Gasteiger partial charge in [0.2, 0.25) is 0 Å². The Kier molecular flexibility index (Phi) is 5.21. The summed E-state index contributed by atoms with van der Waals surface area (Å²) in [5.41, 5.74) is 0.798. The fraction of sp³-hybridized carbons (Fsp3) is 0.533. The topological polar surface area (TPSA) is 23.6 Å². The fourth-order valence-electron chi connectivity index (χ4n) is 2.61. The molecule has 1 aliphatic rings. The van der Waals surface area contributed by atoms with Crippen LogP contribution in [0.5, 0.6) is 0 Å². The summed E-state index contributed by atoms with van der Waals surface area (Å²) < 4.78 is 1.11. The fourth-order valence-corrected chi connectivity index (χ4v) is 3.16. The van der Waals surface area contributed by atoms with E-state index in [4.69, 9.17) is 0 Å². The van der Waals surface area contributed by atoms with Crippen molar-refractivity contribution >= 4 is 28.5 Å². The summed E-state index contributed by atoms with van der Waals surface area (Å²) in [5, 5.41) is 0. The highest BCUT2D eigenvalue weighted by molar-refractivity contribution is 14.1. The van der Waals surface area contributed by atoms with Gasteiger partial charge in [0.05, 0.1) is 0 Å². The summed E-state index contributed by atoms with van der Waals surface area (Å²) in [6, 6.07) is 8.20. The van der Waals surface area contributed by atoms with Crippen molar-refractivity contribution in [3.05, 3.63) is 33.4 Å². The summed E-state index contributed by atoms with van der Waals surface area (Å²) >= 11 is 2.25. The number of likely N-dealkylation sites (tertiary alicyclic amines) is 1. The van der Waals surface area contributed by atoms with Gasteiger partial charge in [-0.3, -0.25) is 4.79 Å². The number of carbonyl (C=O) groups excluding carboxylic acids is 1. The predicted octanol–water partition coefficient (Wildman–Crippen LogP) is 2.85. The first-order valence-electron chi connectivity index (χ1n) is 6.87. The highest BCUT2D eigenvalue weighted by Crippen LogP contribution is 2.18. The number of piperidine rings is 1. The van der Waals surface area contributed by atoms with Crippen molar-refractivity contribution < 1.29 is 4.79 Å². The molecule has 3 nitrogen and oxygen atoms in total. The number of hydrogen-bond acceptors (Lipinski definition) is 2. The van der Waals surface area contributed by atoms with Gasteiger partial charge in [-0.1, -0.05) is 13.0 Å². The van der Waals surface area contributed by atoms with Crippen LogP contribution in [0, 0.1) is 3.57 Å². The number of amides is 1. The van der Waals surface area contributed by atoms with Gasteiger partial charge in [-0.05, 0) is 60.2 Å². The first-order chi connectivity index (χ1) is 9.11. The van der Waals surface area contributed by atoms with Gasteiger partial charge in [-0.15, -0.1) is 0 Å². The van der Waals surface area contributed by atoms with Gasteiger partial charge in [0.1, 0.15) is 0 Å². The second kappa shape index (κ2) is 6.70. The Hall–Kier alpha value is -0.620. The molecule has 0 aromatic heterocycles. The molecule has 0 N–H and O–H groups in total. The number of nitrogens with zero attached hydrogens (tertiary/aromatic N) is 2. The van der Waals surface area contributed by atoms with Gasteiger partial charge in [-0.25, -0.2) is 0 Å².